The molecule has 0 aliphatic rings. The van der Waals surface area contributed by atoms with Gasteiger partial charge in [0.15, 0.2) is 0 Å². The van der Waals surface area contributed by atoms with Crippen LogP contribution in [0.1, 0.15) is 27.0 Å². The van der Waals surface area contributed by atoms with Gasteiger partial charge in [-0.15, -0.1) is 0 Å². The summed E-state index contributed by atoms with van der Waals surface area (Å²) >= 11 is 0. The highest BCUT2D eigenvalue weighted by atomic mass is 32.2. The molecule has 0 aliphatic carbocycles. The van der Waals surface area contributed by atoms with E-state index in [-0.39, 0.29) is 31.4 Å². The van der Waals surface area contributed by atoms with Crippen LogP contribution in [0.15, 0.2) is 66.7 Å². The molecule has 3 rings (SSSR count). The Morgan fingerprint density at radius 3 is 2.27 bits per heavy atom. The molecule has 1 amide bonds. The molecule has 8 heteroatoms. The van der Waals surface area contributed by atoms with Gasteiger partial charge in [-0.3, -0.25) is 9.10 Å². The summed E-state index contributed by atoms with van der Waals surface area (Å²) in [5.74, 6) is -0.0828. The summed E-state index contributed by atoms with van der Waals surface area (Å²) in [6, 6.07) is 18.1. The van der Waals surface area contributed by atoms with Crippen LogP contribution in [0.4, 0.5) is 10.1 Å². The molecule has 0 spiro atoms. The van der Waals surface area contributed by atoms with E-state index in [1.807, 2.05) is 32.0 Å². The summed E-state index contributed by atoms with van der Waals surface area (Å²) < 4.78 is 44.6. The summed E-state index contributed by atoms with van der Waals surface area (Å²) in [5, 5.41) is 2.76. The molecule has 0 bridgehead atoms. The normalized spacial score (nSPS) is 11.2. The van der Waals surface area contributed by atoms with Crippen LogP contribution in [0.3, 0.4) is 0 Å². The van der Waals surface area contributed by atoms with Gasteiger partial charge < -0.3 is 10.1 Å². The van der Waals surface area contributed by atoms with Crippen molar-refractivity contribution in [2.45, 2.75) is 20.4 Å². The van der Waals surface area contributed by atoms with Crippen molar-refractivity contribution in [3.05, 3.63) is 94.8 Å². The number of ether oxygens (including phenoxy) is 1. The molecule has 3 aromatic carbocycles. The van der Waals surface area contributed by atoms with Gasteiger partial charge in [0.2, 0.25) is 10.0 Å². The van der Waals surface area contributed by atoms with Gasteiger partial charge in [-0.05, 0) is 67.4 Å². The average molecular weight is 471 g/mol. The van der Waals surface area contributed by atoms with E-state index in [2.05, 4.69) is 5.32 Å². The number of halogens is 1. The molecule has 0 radical (unpaired) electrons. The van der Waals surface area contributed by atoms with E-state index in [4.69, 9.17) is 4.74 Å². The molecule has 0 aromatic heterocycles. The second kappa shape index (κ2) is 10.5. The van der Waals surface area contributed by atoms with Gasteiger partial charge in [0.05, 0.1) is 25.0 Å². The third kappa shape index (κ3) is 6.79. The van der Waals surface area contributed by atoms with E-state index in [1.54, 1.807) is 24.3 Å². The predicted molar refractivity (Wildman–Crippen MR) is 128 cm³/mol. The number of nitrogens with one attached hydrogen (secondary N) is 1. The second-order valence-electron chi connectivity index (χ2n) is 7.81. The highest BCUT2D eigenvalue weighted by molar-refractivity contribution is 7.92. The first-order chi connectivity index (χ1) is 15.6. The van der Waals surface area contributed by atoms with Crippen LogP contribution < -0.4 is 14.4 Å². The predicted octanol–water partition coefficient (Wildman–Crippen LogP) is 4.22. The number of nitrogens with zero attached hydrogens (tertiary/aromatic N) is 1. The molecule has 6 nitrogen and oxygen atoms in total. The number of amides is 1. The molecule has 0 fully saturated rings. The van der Waals surface area contributed by atoms with Gasteiger partial charge in [-0.2, -0.15) is 0 Å². The van der Waals surface area contributed by atoms with E-state index < -0.39 is 10.0 Å². The fourth-order valence-electron chi connectivity index (χ4n) is 3.36. The zero-order chi connectivity index (χ0) is 24.0. The van der Waals surface area contributed by atoms with Crippen LogP contribution in [0.25, 0.3) is 0 Å². The summed E-state index contributed by atoms with van der Waals surface area (Å²) in [5.41, 5.74) is 3.78. The zero-order valence-electron chi connectivity index (χ0n) is 18.8. The molecule has 0 aliphatic heterocycles. The number of anilines is 1. The molecule has 0 unspecified atom stereocenters. The first kappa shape index (κ1) is 24.3. The molecule has 0 heterocycles. The van der Waals surface area contributed by atoms with E-state index >= 15 is 0 Å². The number of carbonyl (C=O) groups excluding carboxylic acids is 1. The van der Waals surface area contributed by atoms with Gasteiger partial charge in [0, 0.05) is 5.56 Å². The summed E-state index contributed by atoms with van der Waals surface area (Å²) in [6.45, 7) is 4.53. The number of hydrogen-bond donors (Lipinski definition) is 1. The number of carbonyl (C=O) groups is 1. The number of rotatable bonds is 9. The van der Waals surface area contributed by atoms with Crippen LogP contribution in [0, 0.1) is 19.7 Å². The lowest BCUT2D eigenvalue weighted by atomic mass is 10.1. The Hall–Kier alpha value is -3.39. The minimum absolute atomic E-state index is 0.163. The lowest BCUT2D eigenvalue weighted by Crippen LogP contribution is -2.30. The fraction of sp³-hybridized carbons (Fsp3) is 0.240. The van der Waals surface area contributed by atoms with E-state index in [9.17, 15) is 17.6 Å². The van der Waals surface area contributed by atoms with Crippen molar-refractivity contribution in [2.75, 3.05) is 23.7 Å². The maximum atomic E-state index is 12.9. The molecule has 33 heavy (non-hydrogen) atoms. The smallest absolute Gasteiger partial charge is 0.251 e. The molecule has 174 valence electrons. The van der Waals surface area contributed by atoms with E-state index in [1.165, 1.54) is 34.8 Å². The average Bonchev–Trinajstić information content (AvgIpc) is 2.76. The summed E-state index contributed by atoms with van der Waals surface area (Å²) in [4.78, 5) is 12.4. The van der Waals surface area contributed by atoms with Crippen LogP contribution in [-0.4, -0.2) is 33.7 Å². The van der Waals surface area contributed by atoms with Gasteiger partial charge in [0.1, 0.15) is 18.2 Å². The topological polar surface area (TPSA) is 75.7 Å². The molecular formula is C25H27FN2O4S. The Balaban J connectivity index is 1.59. The van der Waals surface area contributed by atoms with Gasteiger partial charge in [-0.25, -0.2) is 12.8 Å². The Morgan fingerprint density at radius 1 is 1.00 bits per heavy atom. The summed E-state index contributed by atoms with van der Waals surface area (Å²) in [6.07, 6.45) is 1.18. The number of hydrogen-bond acceptors (Lipinski definition) is 4. The molecule has 0 saturated heterocycles. The van der Waals surface area contributed by atoms with Crippen LogP contribution in [-0.2, 0) is 16.6 Å². The van der Waals surface area contributed by atoms with Crippen molar-refractivity contribution >= 4 is 21.6 Å². The molecule has 3 aromatic rings. The highest BCUT2D eigenvalue weighted by Gasteiger charge is 2.20. The Morgan fingerprint density at radius 2 is 1.67 bits per heavy atom. The third-order valence-corrected chi connectivity index (χ3v) is 6.16. The first-order valence-corrected chi connectivity index (χ1v) is 12.3. The van der Waals surface area contributed by atoms with Crippen molar-refractivity contribution in [3.63, 3.8) is 0 Å². The van der Waals surface area contributed by atoms with Crippen LogP contribution in [0.2, 0.25) is 0 Å². The SMILES string of the molecule is Cc1ccc(N(Cc2ccc(C(=O)NCCOc3ccc(F)cc3)cc2)S(C)(=O)=O)c(C)c1. The van der Waals surface area contributed by atoms with Crippen molar-refractivity contribution < 1.29 is 22.3 Å². The maximum absolute atomic E-state index is 12.9. The van der Waals surface area contributed by atoms with Crippen LogP contribution >= 0.6 is 0 Å². The number of aryl methyl sites for hydroxylation is 2. The fourth-order valence-corrected chi connectivity index (χ4v) is 4.31. The Labute approximate surface area is 194 Å². The van der Waals surface area contributed by atoms with Gasteiger partial charge in [-0.1, -0.05) is 29.8 Å². The Kier molecular flexibility index (Phi) is 7.71. The van der Waals surface area contributed by atoms with Crippen molar-refractivity contribution in [1.82, 2.24) is 5.32 Å². The minimum atomic E-state index is -3.50. The first-order valence-electron chi connectivity index (χ1n) is 10.4. The quantitative estimate of drug-likeness (QED) is 0.475. The zero-order valence-corrected chi connectivity index (χ0v) is 19.7. The van der Waals surface area contributed by atoms with E-state index in [0.29, 0.717) is 17.0 Å². The van der Waals surface area contributed by atoms with Crippen molar-refractivity contribution in [2.24, 2.45) is 0 Å². The molecule has 0 atom stereocenters. The van der Waals surface area contributed by atoms with Crippen molar-refractivity contribution in [3.8, 4) is 5.75 Å². The van der Waals surface area contributed by atoms with Crippen LogP contribution in [0.5, 0.6) is 5.75 Å². The highest BCUT2D eigenvalue weighted by Crippen LogP contribution is 2.25. The summed E-state index contributed by atoms with van der Waals surface area (Å²) in [7, 11) is -3.50. The monoisotopic (exact) mass is 470 g/mol. The number of sulfonamides is 1. The minimum Gasteiger partial charge on any atom is -0.492 e. The molecule has 1 N–H and O–H groups in total. The Bertz CT molecular complexity index is 1210. The van der Waals surface area contributed by atoms with Gasteiger partial charge in [0.25, 0.3) is 5.91 Å². The van der Waals surface area contributed by atoms with Crippen molar-refractivity contribution in [1.29, 1.82) is 0 Å². The number of benzene rings is 3. The second-order valence-corrected chi connectivity index (χ2v) is 9.72. The largest absolute Gasteiger partial charge is 0.492 e. The third-order valence-electron chi connectivity index (χ3n) is 5.03. The molecular weight excluding hydrogens is 443 g/mol. The maximum Gasteiger partial charge on any atom is 0.251 e. The van der Waals surface area contributed by atoms with Gasteiger partial charge >= 0.3 is 0 Å². The lowest BCUT2D eigenvalue weighted by Gasteiger charge is -2.24. The lowest BCUT2D eigenvalue weighted by molar-refractivity contribution is 0.0947. The molecule has 0 saturated carbocycles. The van der Waals surface area contributed by atoms with E-state index in [0.717, 1.165) is 16.7 Å². The standard InChI is InChI=1S/C25H27FN2O4S/c1-18-4-13-24(19(2)16-18)28(33(3,30)31)17-20-5-7-21(8-6-20)25(29)27-14-15-32-23-11-9-22(26)10-12-23/h4-13,16H,14-15,17H2,1-3H3,(H,27,29).